The molecule has 0 aliphatic heterocycles. The summed E-state index contributed by atoms with van der Waals surface area (Å²) in [5.74, 6) is 3.51. The Morgan fingerprint density at radius 3 is 2.59 bits per heavy atom. The van der Waals surface area contributed by atoms with E-state index in [1.54, 1.807) is 0 Å². The van der Waals surface area contributed by atoms with E-state index < -0.39 is 22.8 Å². The molecule has 17 heavy (non-hydrogen) atoms. The minimum Gasteiger partial charge on any atom is -0.293 e. The molecule has 1 rings (SSSR count). The van der Waals surface area contributed by atoms with Gasteiger partial charge in [-0.25, -0.2) is 14.6 Å². The van der Waals surface area contributed by atoms with Gasteiger partial charge >= 0.3 is 0 Å². The lowest BCUT2D eigenvalue weighted by molar-refractivity contribution is -0.121. The van der Waals surface area contributed by atoms with Crippen molar-refractivity contribution in [2.45, 2.75) is 24.0 Å². The van der Waals surface area contributed by atoms with Gasteiger partial charge in [0.15, 0.2) is 0 Å². The maximum absolute atomic E-state index is 13.4. The van der Waals surface area contributed by atoms with Gasteiger partial charge in [-0.15, -0.1) is 11.8 Å². The van der Waals surface area contributed by atoms with E-state index >= 15 is 0 Å². The zero-order valence-corrected chi connectivity index (χ0v) is 10.4. The second-order valence-corrected chi connectivity index (χ2v) is 5.05. The molecule has 0 fully saturated rings. The normalized spacial score (nSPS) is 12.6. The third-order valence-corrected chi connectivity index (χ3v) is 3.73. The number of amides is 1. The largest absolute Gasteiger partial charge is 0.293 e. The molecule has 1 aromatic rings. The Labute approximate surface area is 103 Å². The van der Waals surface area contributed by atoms with Crippen molar-refractivity contribution in [1.29, 1.82) is 0 Å². The number of rotatable bonds is 4. The Morgan fingerprint density at radius 1 is 1.41 bits per heavy atom. The Balaban J connectivity index is 2.93. The van der Waals surface area contributed by atoms with Gasteiger partial charge in [0.25, 0.3) is 0 Å². The van der Waals surface area contributed by atoms with Crippen molar-refractivity contribution in [3.05, 3.63) is 29.8 Å². The average Bonchev–Trinajstić information content (AvgIpc) is 2.28. The van der Waals surface area contributed by atoms with Crippen LogP contribution in [0.4, 0.5) is 8.78 Å². The number of nitrogens with one attached hydrogen (secondary N) is 1. The van der Waals surface area contributed by atoms with Crippen molar-refractivity contribution in [3.8, 4) is 0 Å². The summed E-state index contributed by atoms with van der Waals surface area (Å²) in [6, 6.07) is 3.14. The summed E-state index contributed by atoms with van der Waals surface area (Å²) in [6.45, 7) is 3.62. The third kappa shape index (κ3) is 3.67. The van der Waals surface area contributed by atoms with Gasteiger partial charge in [-0.1, -0.05) is 13.8 Å². The molecule has 1 unspecified atom stereocenters. The summed E-state index contributed by atoms with van der Waals surface area (Å²) in [7, 11) is 0. The summed E-state index contributed by atoms with van der Waals surface area (Å²) in [4.78, 5) is 11.6. The number of hydrogen-bond acceptors (Lipinski definition) is 3. The van der Waals surface area contributed by atoms with Crippen LogP contribution in [-0.2, 0) is 4.79 Å². The van der Waals surface area contributed by atoms with Crippen LogP contribution in [0.15, 0.2) is 23.1 Å². The minimum absolute atomic E-state index is 0.0498. The number of halogens is 2. The molecular weight excluding hydrogens is 246 g/mol. The fraction of sp³-hybridized carbons (Fsp3) is 0.364. The standard InChI is InChI=1S/C11H14F2N2OS/c1-6(2)10(11(16)15-14)17-9-5-7(12)3-4-8(9)13/h3-6,10H,14H2,1-2H3,(H,15,16). The molecule has 0 bridgehead atoms. The van der Waals surface area contributed by atoms with Gasteiger partial charge in [-0.05, 0) is 24.1 Å². The first kappa shape index (κ1) is 13.9. The molecule has 0 aliphatic carbocycles. The molecule has 1 aromatic carbocycles. The molecule has 3 nitrogen and oxygen atoms in total. The molecular formula is C11H14F2N2OS. The highest BCUT2D eigenvalue weighted by atomic mass is 32.2. The van der Waals surface area contributed by atoms with E-state index in [0.717, 1.165) is 30.0 Å². The average molecular weight is 260 g/mol. The lowest BCUT2D eigenvalue weighted by atomic mass is 10.1. The molecule has 3 N–H and O–H groups in total. The van der Waals surface area contributed by atoms with Crippen molar-refractivity contribution in [1.82, 2.24) is 5.43 Å². The fourth-order valence-electron chi connectivity index (χ4n) is 1.28. The molecule has 0 aromatic heterocycles. The van der Waals surface area contributed by atoms with Crippen LogP contribution in [0.3, 0.4) is 0 Å². The minimum atomic E-state index is -0.559. The molecule has 94 valence electrons. The summed E-state index contributed by atoms with van der Waals surface area (Å²) in [6.07, 6.45) is 0. The summed E-state index contributed by atoms with van der Waals surface area (Å²) >= 11 is 0.963. The van der Waals surface area contributed by atoms with Crippen molar-refractivity contribution >= 4 is 17.7 Å². The SMILES string of the molecule is CC(C)C(Sc1cc(F)ccc1F)C(=O)NN. The van der Waals surface area contributed by atoms with Gasteiger partial charge in [-0.3, -0.25) is 10.2 Å². The van der Waals surface area contributed by atoms with Crippen molar-refractivity contribution < 1.29 is 13.6 Å². The van der Waals surface area contributed by atoms with E-state index in [9.17, 15) is 13.6 Å². The van der Waals surface area contributed by atoms with Gasteiger partial charge in [0.05, 0.1) is 5.25 Å². The Bertz CT molecular complexity index is 412. The smallest absolute Gasteiger partial charge is 0.247 e. The third-order valence-electron chi connectivity index (χ3n) is 2.15. The first-order valence-electron chi connectivity index (χ1n) is 5.08. The highest BCUT2D eigenvalue weighted by molar-refractivity contribution is 8.00. The van der Waals surface area contributed by atoms with Crippen molar-refractivity contribution in [2.24, 2.45) is 11.8 Å². The predicted molar refractivity (Wildman–Crippen MR) is 63.2 cm³/mol. The molecule has 0 aliphatic rings. The maximum atomic E-state index is 13.4. The quantitative estimate of drug-likeness (QED) is 0.377. The number of hydrogen-bond donors (Lipinski definition) is 2. The molecule has 0 heterocycles. The van der Waals surface area contributed by atoms with E-state index in [-0.39, 0.29) is 10.8 Å². The van der Waals surface area contributed by atoms with Crippen molar-refractivity contribution in [2.75, 3.05) is 0 Å². The zero-order valence-electron chi connectivity index (χ0n) is 9.54. The highest BCUT2D eigenvalue weighted by Crippen LogP contribution is 2.30. The van der Waals surface area contributed by atoms with Gasteiger partial charge in [0.1, 0.15) is 11.6 Å². The molecule has 0 radical (unpaired) electrons. The second kappa shape index (κ2) is 5.97. The van der Waals surface area contributed by atoms with Crippen LogP contribution in [-0.4, -0.2) is 11.2 Å². The maximum Gasteiger partial charge on any atom is 0.247 e. The Hall–Kier alpha value is -1.14. The van der Waals surface area contributed by atoms with Crippen LogP contribution in [0.1, 0.15) is 13.8 Å². The van der Waals surface area contributed by atoms with Crippen molar-refractivity contribution in [3.63, 3.8) is 0 Å². The number of hydrazine groups is 1. The van der Waals surface area contributed by atoms with E-state index in [4.69, 9.17) is 5.84 Å². The fourth-order valence-corrected chi connectivity index (χ4v) is 2.36. The van der Waals surface area contributed by atoms with Crippen LogP contribution in [0.5, 0.6) is 0 Å². The van der Waals surface area contributed by atoms with Crippen LogP contribution in [0.2, 0.25) is 0 Å². The van der Waals surface area contributed by atoms with Gasteiger partial charge in [0, 0.05) is 4.90 Å². The predicted octanol–water partition coefficient (Wildman–Crippen LogP) is 2.07. The number of thioether (sulfide) groups is 1. The number of benzene rings is 1. The van der Waals surface area contributed by atoms with Crippen LogP contribution in [0, 0.1) is 17.6 Å². The van der Waals surface area contributed by atoms with E-state index in [1.165, 1.54) is 0 Å². The molecule has 1 atom stereocenters. The lowest BCUT2D eigenvalue weighted by Crippen LogP contribution is -2.40. The number of carbonyl (C=O) groups is 1. The number of carbonyl (C=O) groups excluding carboxylic acids is 1. The topological polar surface area (TPSA) is 55.1 Å². The summed E-state index contributed by atoms with van der Waals surface area (Å²) < 4.78 is 26.4. The highest BCUT2D eigenvalue weighted by Gasteiger charge is 2.24. The molecule has 0 spiro atoms. The summed E-state index contributed by atoms with van der Waals surface area (Å²) in [5.41, 5.74) is 2.02. The molecule has 6 heteroatoms. The van der Waals surface area contributed by atoms with Crippen LogP contribution >= 0.6 is 11.8 Å². The van der Waals surface area contributed by atoms with Crippen LogP contribution < -0.4 is 11.3 Å². The monoisotopic (exact) mass is 260 g/mol. The zero-order chi connectivity index (χ0) is 13.0. The second-order valence-electron chi connectivity index (χ2n) is 3.87. The van der Waals surface area contributed by atoms with Gasteiger partial charge in [-0.2, -0.15) is 0 Å². The lowest BCUT2D eigenvalue weighted by Gasteiger charge is -2.18. The number of nitrogens with two attached hydrogens (primary N) is 1. The first-order chi connectivity index (χ1) is 7.95. The van der Waals surface area contributed by atoms with E-state index in [0.29, 0.717) is 0 Å². The Morgan fingerprint density at radius 2 is 2.06 bits per heavy atom. The van der Waals surface area contributed by atoms with E-state index in [1.807, 2.05) is 19.3 Å². The first-order valence-corrected chi connectivity index (χ1v) is 5.95. The molecule has 0 saturated heterocycles. The molecule has 0 saturated carbocycles. The summed E-state index contributed by atoms with van der Waals surface area (Å²) in [5, 5.41) is -0.559. The van der Waals surface area contributed by atoms with Crippen LogP contribution in [0.25, 0.3) is 0 Å². The molecule has 1 amide bonds. The van der Waals surface area contributed by atoms with Gasteiger partial charge < -0.3 is 0 Å². The Kier molecular flexibility index (Phi) is 4.89. The van der Waals surface area contributed by atoms with E-state index in [2.05, 4.69) is 0 Å². The van der Waals surface area contributed by atoms with Gasteiger partial charge in [0.2, 0.25) is 5.91 Å².